The van der Waals surface area contributed by atoms with Gasteiger partial charge in [-0.1, -0.05) is 41.9 Å². The molecule has 0 spiro atoms. The fourth-order valence-corrected chi connectivity index (χ4v) is 3.63. The quantitative estimate of drug-likeness (QED) is 0.718. The van der Waals surface area contributed by atoms with Crippen molar-refractivity contribution in [1.29, 1.82) is 0 Å². The third-order valence-corrected chi connectivity index (χ3v) is 5.66. The number of carbonyl (C=O) groups is 1. The maximum atomic E-state index is 13.1. The zero-order chi connectivity index (χ0) is 19.7. The maximum Gasteiger partial charge on any atom is 0.256 e. The van der Waals surface area contributed by atoms with E-state index in [9.17, 15) is 4.79 Å². The summed E-state index contributed by atoms with van der Waals surface area (Å²) in [4.78, 5) is 21.8. The van der Waals surface area contributed by atoms with Crippen molar-refractivity contribution in [1.82, 2.24) is 14.8 Å². The Bertz CT molecular complexity index is 1030. The first-order chi connectivity index (χ1) is 13.5. The monoisotopic (exact) mass is 394 g/mol. The van der Waals surface area contributed by atoms with Crippen LogP contribution < -0.4 is 5.32 Å². The number of nitrogens with zero attached hydrogens (tertiary/aromatic N) is 3. The second-order valence-corrected chi connectivity index (χ2v) is 7.66. The van der Waals surface area contributed by atoms with Crippen LogP contribution in [0.4, 0.5) is 11.5 Å². The minimum absolute atomic E-state index is 0.0433. The summed E-state index contributed by atoms with van der Waals surface area (Å²) in [7, 11) is 2.08. The van der Waals surface area contributed by atoms with Gasteiger partial charge in [0.1, 0.15) is 5.82 Å². The van der Waals surface area contributed by atoms with E-state index in [1.54, 1.807) is 6.20 Å². The molecule has 0 unspecified atom stereocenters. The van der Waals surface area contributed by atoms with Gasteiger partial charge in [-0.25, -0.2) is 4.98 Å². The smallest absolute Gasteiger partial charge is 0.256 e. The van der Waals surface area contributed by atoms with E-state index < -0.39 is 0 Å². The van der Waals surface area contributed by atoms with Crippen LogP contribution in [0.1, 0.15) is 15.9 Å². The lowest BCUT2D eigenvalue weighted by Crippen LogP contribution is -2.47. The second kappa shape index (κ2) is 7.78. The molecule has 0 saturated carbocycles. The van der Waals surface area contributed by atoms with Gasteiger partial charge in [-0.05, 0) is 37.1 Å². The predicted molar refractivity (Wildman–Crippen MR) is 115 cm³/mol. The van der Waals surface area contributed by atoms with Crippen LogP contribution in [0.15, 0.2) is 48.7 Å². The second-order valence-electron chi connectivity index (χ2n) is 7.25. The molecule has 0 aliphatic carbocycles. The van der Waals surface area contributed by atoms with E-state index in [-0.39, 0.29) is 5.91 Å². The van der Waals surface area contributed by atoms with Crippen molar-refractivity contribution >= 4 is 39.8 Å². The van der Waals surface area contributed by atoms with E-state index in [0.29, 0.717) is 16.4 Å². The van der Waals surface area contributed by atoms with Crippen LogP contribution in [0.5, 0.6) is 0 Å². The van der Waals surface area contributed by atoms with Gasteiger partial charge in [0.2, 0.25) is 0 Å². The normalized spacial score (nSPS) is 15.0. The first-order valence-electron chi connectivity index (χ1n) is 9.41. The number of hydrogen-bond acceptors (Lipinski definition) is 4. The molecular formula is C22H23ClN4O. The van der Waals surface area contributed by atoms with Crippen molar-refractivity contribution in [3.05, 3.63) is 64.8 Å². The number of nitrogens with one attached hydrogen (secondary N) is 1. The van der Waals surface area contributed by atoms with E-state index in [2.05, 4.69) is 22.2 Å². The van der Waals surface area contributed by atoms with Gasteiger partial charge in [0.15, 0.2) is 0 Å². The summed E-state index contributed by atoms with van der Waals surface area (Å²) in [5.41, 5.74) is 2.54. The molecule has 1 saturated heterocycles. The standard InChI is InChI=1S/C22H23ClN4O/c1-15-7-8-16(13-20(15)23)25-21-18-6-4-3-5-17(18)19(14-24-21)22(28)27-11-9-26(2)10-12-27/h3-8,13-14H,9-12H2,1-2H3,(H,24,25). The molecule has 6 heteroatoms. The molecule has 1 N–H and O–H groups in total. The highest BCUT2D eigenvalue weighted by Gasteiger charge is 2.23. The molecular weight excluding hydrogens is 372 g/mol. The van der Waals surface area contributed by atoms with Crippen LogP contribution in [0.3, 0.4) is 0 Å². The predicted octanol–water partition coefficient (Wildman–Crippen LogP) is 4.33. The molecule has 1 amide bonds. The van der Waals surface area contributed by atoms with Crippen LogP contribution in [-0.2, 0) is 0 Å². The topological polar surface area (TPSA) is 48.5 Å². The SMILES string of the molecule is Cc1ccc(Nc2ncc(C(=O)N3CCN(C)CC3)c3ccccc23)cc1Cl. The van der Waals surface area contributed by atoms with E-state index in [0.717, 1.165) is 48.2 Å². The number of carbonyl (C=O) groups excluding carboxylic acids is 1. The number of fused-ring (bicyclic) bond motifs is 1. The van der Waals surface area contributed by atoms with Gasteiger partial charge in [0, 0.05) is 48.5 Å². The third-order valence-electron chi connectivity index (χ3n) is 5.25. The number of likely N-dealkylation sites (N-methyl/N-ethyl adjacent to an activating group) is 1. The number of rotatable bonds is 3. The molecule has 1 aliphatic heterocycles. The lowest BCUT2D eigenvalue weighted by atomic mass is 10.1. The lowest BCUT2D eigenvalue weighted by Gasteiger charge is -2.32. The highest BCUT2D eigenvalue weighted by Crippen LogP contribution is 2.29. The molecule has 144 valence electrons. The number of benzene rings is 2. The van der Waals surface area contributed by atoms with Gasteiger partial charge >= 0.3 is 0 Å². The van der Waals surface area contributed by atoms with Crippen molar-refractivity contribution in [2.75, 3.05) is 38.5 Å². The molecule has 4 rings (SSSR count). The van der Waals surface area contributed by atoms with Crippen LogP contribution in [-0.4, -0.2) is 53.9 Å². The molecule has 1 fully saturated rings. The zero-order valence-corrected chi connectivity index (χ0v) is 16.8. The van der Waals surface area contributed by atoms with E-state index in [1.165, 1.54) is 0 Å². The molecule has 28 heavy (non-hydrogen) atoms. The Kier molecular flexibility index (Phi) is 5.20. The molecule has 0 radical (unpaired) electrons. The molecule has 2 heterocycles. The number of hydrogen-bond donors (Lipinski definition) is 1. The van der Waals surface area contributed by atoms with E-state index in [1.807, 2.05) is 54.3 Å². The Morgan fingerprint density at radius 1 is 1.07 bits per heavy atom. The van der Waals surface area contributed by atoms with Gasteiger partial charge in [-0.15, -0.1) is 0 Å². The molecule has 3 aromatic rings. The van der Waals surface area contributed by atoms with Gasteiger partial charge in [0.05, 0.1) is 5.56 Å². The van der Waals surface area contributed by atoms with Gasteiger partial charge in [-0.3, -0.25) is 4.79 Å². The summed E-state index contributed by atoms with van der Waals surface area (Å²) in [5, 5.41) is 5.86. The summed E-state index contributed by atoms with van der Waals surface area (Å²) >= 11 is 6.25. The molecule has 1 aromatic heterocycles. The summed E-state index contributed by atoms with van der Waals surface area (Å²) in [6.45, 7) is 5.24. The Balaban J connectivity index is 1.68. The molecule has 1 aliphatic rings. The fourth-order valence-electron chi connectivity index (χ4n) is 3.45. The minimum Gasteiger partial charge on any atom is -0.340 e. The first kappa shape index (κ1) is 18.7. The Hall–Kier alpha value is -2.63. The lowest BCUT2D eigenvalue weighted by molar-refractivity contribution is 0.0666. The van der Waals surface area contributed by atoms with Gasteiger partial charge in [0.25, 0.3) is 5.91 Å². The van der Waals surface area contributed by atoms with Gasteiger partial charge in [-0.2, -0.15) is 0 Å². The number of amides is 1. The number of anilines is 2. The van der Waals surface area contributed by atoms with E-state index >= 15 is 0 Å². The summed E-state index contributed by atoms with van der Waals surface area (Å²) in [6.07, 6.45) is 1.68. The third kappa shape index (κ3) is 3.68. The Morgan fingerprint density at radius 3 is 2.50 bits per heavy atom. The van der Waals surface area contributed by atoms with Crippen molar-refractivity contribution < 1.29 is 4.79 Å². The Morgan fingerprint density at radius 2 is 1.79 bits per heavy atom. The molecule has 0 atom stereocenters. The van der Waals surface area contributed by atoms with Crippen molar-refractivity contribution in [2.45, 2.75) is 6.92 Å². The first-order valence-corrected chi connectivity index (χ1v) is 9.79. The fraction of sp³-hybridized carbons (Fsp3) is 0.273. The molecule has 5 nitrogen and oxygen atoms in total. The van der Waals surface area contributed by atoms with Crippen LogP contribution in [0.2, 0.25) is 5.02 Å². The summed E-state index contributed by atoms with van der Waals surface area (Å²) in [6, 6.07) is 13.7. The highest BCUT2D eigenvalue weighted by molar-refractivity contribution is 6.31. The number of aromatic nitrogens is 1. The average Bonchev–Trinajstić information content (AvgIpc) is 2.71. The largest absolute Gasteiger partial charge is 0.340 e. The Labute approximate surface area is 169 Å². The number of halogens is 1. The number of aryl methyl sites for hydroxylation is 1. The summed E-state index contributed by atoms with van der Waals surface area (Å²) in [5.74, 6) is 0.757. The molecule has 0 bridgehead atoms. The maximum absolute atomic E-state index is 13.1. The molecule has 2 aromatic carbocycles. The minimum atomic E-state index is 0.0433. The van der Waals surface area contributed by atoms with Gasteiger partial charge < -0.3 is 15.1 Å². The average molecular weight is 395 g/mol. The number of pyridine rings is 1. The van der Waals surface area contributed by atoms with Crippen LogP contribution >= 0.6 is 11.6 Å². The van der Waals surface area contributed by atoms with Crippen molar-refractivity contribution in [3.63, 3.8) is 0 Å². The van der Waals surface area contributed by atoms with E-state index in [4.69, 9.17) is 11.6 Å². The van der Waals surface area contributed by atoms with Crippen LogP contribution in [0.25, 0.3) is 10.8 Å². The zero-order valence-electron chi connectivity index (χ0n) is 16.1. The van der Waals surface area contributed by atoms with Crippen molar-refractivity contribution in [3.8, 4) is 0 Å². The number of piperazine rings is 1. The highest BCUT2D eigenvalue weighted by atomic mass is 35.5. The van der Waals surface area contributed by atoms with Crippen molar-refractivity contribution in [2.24, 2.45) is 0 Å². The van der Waals surface area contributed by atoms with Crippen LogP contribution in [0, 0.1) is 6.92 Å². The summed E-state index contributed by atoms with van der Waals surface area (Å²) < 4.78 is 0.